The summed E-state index contributed by atoms with van der Waals surface area (Å²) < 4.78 is 5.80. The Morgan fingerprint density at radius 2 is 1.69 bits per heavy atom. The molecule has 0 aliphatic heterocycles. The Bertz CT molecular complexity index is 341. The highest BCUT2D eigenvalue weighted by Crippen LogP contribution is 2.40. The van der Waals surface area contributed by atoms with Gasteiger partial charge in [0.2, 0.25) is 0 Å². The van der Waals surface area contributed by atoms with Crippen LogP contribution in [-0.2, 0) is 0 Å². The zero-order valence-electron chi connectivity index (χ0n) is 9.26. The molecule has 0 atom stereocenters. The second-order valence-electron chi connectivity index (χ2n) is 4.81. The van der Waals surface area contributed by atoms with Crippen LogP contribution in [0.3, 0.4) is 0 Å². The van der Waals surface area contributed by atoms with Crippen LogP contribution in [0.4, 0.5) is 0 Å². The van der Waals surface area contributed by atoms with Gasteiger partial charge in [-0.1, -0.05) is 12.1 Å². The molecule has 88 valence electrons. The average Bonchev–Trinajstić information content (AvgIpc) is 3.00. The second kappa shape index (κ2) is 4.64. The molecule has 0 aromatic heterocycles. The van der Waals surface area contributed by atoms with E-state index in [0.717, 1.165) is 24.5 Å². The molecule has 3 rings (SSSR count). The summed E-state index contributed by atoms with van der Waals surface area (Å²) in [5.41, 5.74) is 7.18. The maximum absolute atomic E-state index is 5.80. The van der Waals surface area contributed by atoms with Crippen LogP contribution >= 0.6 is 12.4 Å². The Morgan fingerprint density at radius 3 is 2.19 bits per heavy atom. The highest BCUT2D eigenvalue weighted by Gasteiger charge is 2.28. The zero-order valence-corrected chi connectivity index (χ0v) is 10.1. The van der Waals surface area contributed by atoms with Gasteiger partial charge in [0.05, 0.1) is 0 Å². The smallest absolute Gasteiger partial charge is 0.119 e. The van der Waals surface area contributed by atoms with E-state index >= 15 is 0 Å². The van der Waals surface area contributed by atoms with E-state index in [4.69, 9.17) is 10.5 Å². The van der Waals surface area contributed by atoms with Gasteiger partial charge in [0.1, 0.15) is 11.9 Å². The quantitative estimate of drug-likeness (QED) is 0.881. The van der Waals surface area contributed by atoms with Crippen molar-refractivity contribution in [3.8, 4) is 5.75 Å². The fourth-order valence-electron chi connectivity index (χ4n) is 2.13. The van der Waals surface area contributed by atoms with Gasteiger partial charge < -0.3 is 10.5 Å². The standard InChI is InChI=1S/C13H17NO.ClH/c14-11-7-13(8-11)15-12-5-3-10(4-6-12)9-1-2-9;/h3-6,9,11,13H,1-2,7-8,14H2;1H. The molecule has 1 aromatic rings. The van der Waals surface area contributed by atoms with Crippen molar-refractivity contribution < 1.29 is 4.74 Å². The molecule has 16 heavy (non-hydrogen) atoms. The van der Waals surface area contributed by atoms with Crippen LogP contribution < -0.4 is 10.5 Å². The van der Waals surface area contributed by atoms with Gasteiger partial charge in [-0.05, 0) is 49.3 Å². The molecule has 3 heteroatoms. The van der Waals surface area contributed by atoms with E-state index < -0.39 is 0 Å². The van der Waals surface area contributed by atoms with Crippen molar-refractivity contribution in [1.29, 1.82) is 0 Å². The zero-order chi connectivity index (χ0) is 10.3. The van der Waals surface area contributed by atoms with Crippen molar-refractivity contribution in [1.82, 2.24) is 0 Å². The average molecular weight is 240 g/mol. The number of nitrogens with two attached hydrogens (primary N) is 1. The Labute approximate surface area is 103 Å². The van der Waals surface area contributed by atoms with Crippen molar-refractivity contribution in [2.75, 3.05) is 0 Å². The first-order chi connectivity index (χ1) is 7.31. The fraction of sp³-hybridized carbons (Fsp3) is 0.538. The molecule has 1 aromatic carbocycles. The molecule has 2 saturated carbocycles. The van der Waals surface area contributed by atoms with E-state index in [2.05, 4.69) is 24.3 Å². The molecule has 0 radical (unpaired) electrons. The van der Waals surface area contributed by atoms with Crippen LogP contribution in [0.15, 0.2) is 24.3 Å². The minimum atomic E-state index is 0. The number of benzene rings is 1. The normalized spacial score (nSPS) is 27.8. The molecular weight excluding hydrogens is 222 g/mol. The summed E-state index contributed by atoms with van der Waals surface area (Å²) in [6.07, 6.45) is 5.08. The Kier molecular flexibility index (Phi) is 3.41. The summed E-state index contributed by atoms with van der Waals surface area (Å²) in [4.78, 5) is 0. The largest absolute Gasteiger partial charge is 0.490 e. The molecule has 0 saturated heterocycles. The maximum Gasteiger partial charge on any atom is 0.119 e. The monoisotopic (exact) mass is 239 g/mol. The third kappa shape index (κ3) is 2.50. The Balaban J connectivity index is 0.000000963. The summed E-state index contributed by atoms with van der Waals surface area (Å²) in [6, 6.07) is 8.95. The highest BCUT2D eigenvalue weighted by molar-refractivity contribution is 5.85. The topological polar surface area (TPSA) is 35.2 Å². The molecule has 0 unspecified atom stereocenters. The maximum atomic E-state index is 5.80. The lowest BCUT2D eigenvalue weighted by Crippen LogP contribution is -2.43. The highest BCUT2D eigenvalue weighted by atomic mass is 35.5. The number of hydrogen-bond acceptors (Lipinski definition) is 2. The van der Waals surface area contributed by atoms with E-state index in [1.807, 2.05) is 0 Å². The van der Waals surface area contributed by atoms with Crippen LogP contribution in [0.2, 0.25) is 0 Å². The van der Waals surface area contributed by atoms with E-state index in [-0.39, 0.29) is 12.4 Å². The molecule has 0 heterocycles. The van der Waals surface area contributed by atoms with Crippen molar-refractivity contribution in [3.63, 3.8) is 0 Å². The first-order valence-corrected chi connectivity index (χ1v) is 5.83. The van der Waals surface area contributed by atoms with Crippen molar-refractivity contribution in [2.45, 2.75) is 43.7 Å². The first kappa shape index (κ1) is 11.7. The van der Waals surface area contributed by atoms with Crippen molar-refractivity contribution >= 4 is 12.4 Å². The van der Waals surface area contributed by atoms with Gasteiger partial charge >= 0.3 is 0 Å². The third-order valence-corrected chi connectivity index (χ3v) is 3.36. The molecule has 2 aliphatic carbocycles. The van der Waals surface area contributed by atoms with Crippen LogP contribution in [0, 0.1) is 0 Å². The van der Waals surface area contributed by atoms with E-state index in [0.29, 0.717) is 12.1 Å². The van der Waals surface area contributed by atoms with E-state index in [1.54, 1.807) is 0 Å². The van der Waals surface area contributed by atoms with Crippen LogP contribution in [0.1, 0.15) is 37.2 Å². The van der Waals surface area contributed by atoms with E-state index in [9.17, 15) is 0 Å². The van der Waals surface area contributed by atoms with Gasteiger partial charge in [0.15, 0.2) is 0 Å². The second-order valence-corrected chi connectivity index (χ2v) is 4.81. The first-order valence-electron chi connectivity index (χ1n) is 5.83. The number of hydrogen-bond donors (Lipinski definition) is 1. The predicted octanol–water partition coefficient (Wildman–Crippen LogP) is 2.85. The lowest BCUT2D eigenvalue weighted by Gasteiger charge is -2.32. The van der Waals surface area contributed by atoms with Crippen LogP contribution in [0.5, 0.6) is 5.75 Å². The summed E-state index contributed by atoms with van der Waals surface area (Å²) >= 11 is 0. The summed E-state index contributed by atoms with van der Waals surface area (Å²) in [5.74, 6) is 1.83. The SMILES string of the molecule is Cl.NC1CC(Oc2ccc(C3CC3)cc2)C1. The minimum Gasteiger partial charge on any atom is -0.490 e. The molecule has 0 bridgehead atoms. The Hall–Kier alpha value is -0.730. The summed E-state index contributed by atoms with van der Waals surface area (Å²) in [5, 5.41) is 0. The lowest BCUT2D eigenvalue weighted by atomic mass is 9.90. The molecule has 0 spiro atoms. The van der Waals surface area contributed by atoms with E-state index in [1.165, 1.54) is 18.4 Å². The predicted molar refractivity (Wildman–Crippen MR) is 67.3 cm³/mol. The number of rotatable bonds is 3. The minimum absolute atomic E-state index is 0. The molecule has 0 amide bonds. The van der Waals surface area contributed by atoms with Gasteiger partial charge in [0, 0.05) is 6.04 Å². The van der Waals surface area contributed by atoms with Crippen LogP contribution in [-0.4, -0.2) is 12.1 Å². The molecule has 2 N–H and O–H groups in total. The number of ether oxygens (including phenoxy) is 1. The lowest BCUT2D eigenvalue weighted by molar-refractivity contribution is 0.101. The van der Waals surface area contributed by atoms with Gasteiger partial charge in [0.25, 0.3) is 0 Å². The van der Waals surface area contributed by atoms with Crippen LogP contribution in [0.25, 0.3) is 0 Å². The fourth-order valence-corrected chi connectivity index (χ4v) is 2.13. The van der Waals surface area contributed by atoms with Gasteiger partial charge in [-0.15, -0.1) is 12.4 Å². The summed E-state index contributed by atoms with van der Waals surface area (Å²) in [7, 11) is 0. The molecular formula is C13H18ClNO. The summed E-state index contributed by atoms with van der Waals surface area (Å²) in [6.45, 7) is 0. The van der Waals surface area contributed by atoms with Crippen molar-refractivity contribution in [3.05, 3.63) is 29.8 Å². The van der Waals surface area contributed by atoms with Gasteiger partial charge in [-0.2, -0.15) is 0 Å². The molecule has 2 aliphatic rings. The number of halogens is 1. The molecule has 2 nitrogen and oxygen atoms in total. The van der Waals surface area contributed by atoms with Gasteiger partial charge in [-0.3, -0.25) is 0 Å². The van der Waals surface area contributed by atoms with Gasteiger partial charge in [-0.25, -0.2) is 0 Å². The third-order valence-electron chi connectivity index (χ3n) is 3.36. The molecule has 2 fully saturated rings. The Morgan fingerprint density at radius 1 is 1.06 bits per heavy atom. The van der Waals surface area contributed by atoms with Crippen molar-refractivity contribution in [2.24, 2.45) is 5.73 Å².